The molecular weight excluding hydrogens is 186 g/mol. The van der Waals surface area contributed by atoms with Gasteiger partial charge in [0, 0.05) is 24.9 Å². The highest BCUT2D eigenvalue weighted by atomic mass is 15.1. The molecule has 0 spiro atoms. The van der Waals surface area contributed by atoms with Gasteiger partial charge in [0.2, 0.25) is 0 Å². The van der Waals surface area contributed by atoms with Crippen LogP contribution in [0.2, 0.25) is 0 Å². The maximum atomic E-state index is 5.59. The lowest BCUT2D eigenvalue weighted by atomic mass is 10.1. The number of likely N-dealkylation sites (N-methyl/N-ethyl adjacent to an activating group) is 1. The molecular formula is C12H23N3. The second-order valence-electron chi connectivity index (χ2n) is 4.38. The monoisotopic (exact) mass is 209 g/mol. The number of aromatic nitrogens is 1. The highest BCUT2D eigenvalue weighted by Gasteiger charge is 2.03. The van der Waals surface area contributed by atoms with Crippen LogP contribution in [0, 0.1) is 5.92 Å². The van der Waals surface area contributed by atoms with E-state index in [1.165, 1.54) is 12.1 Å². The maximum Gasteiger partial charge on any atom is 0.0159 e. The van der Waals surface area contributed by atoms with Gasteiger partial charge in [0.05, 0.1) is 0 Å². The molecule has 0 bridgehead atoms. The Hall–Kier alpha value is -0.800. The average Bonchev–Trinajstić information content (AvgIpc) is 2.75. The van der Waals surface area contributed by atoms with E-state index < -0.39 is 0 Å². The second kappa shape index (κ2) is 6.64. The topological polar surface area (TPSA) is 45.0 Å². The zero-order valence-corrected chi connectivity index (χ0v) is 9.87. The highest BCUT2D eigenvalue weighted by Crippen LogP contribution is 2.02. The van der Waals surface area contributed by atoms with Gasteiger partial charge in [-0.05, 0) is 44.6 Å². The Morgan fingerprint density at radius 2 is 2.27 bits per heavy atom. The molecule has 1 heterocycles. The van der Waals surface area contributed by atoms with Gasteiger partial charge in [0.1, 0.15) is 0 Å². The fourth-order valence-corrected chi connectivity index (χ4v) is 1.50. The molecule has 0 radical (unpaired) electrons. The molecule has 0 aromatic carbocycles. The molecule has 3 N–H and O–H groups in total. The van der Waals surface area contributed by atoms with E-state index >= 15 is 0 Å². The molecule has 1 aromatic rings. The van der Waals surface area contributed by atoms with Crippen LogP contribution in [0.5, 0.6) is 0 Å². The molecule has 1 rings (SSSR count). The highest BCUT2D eigenvalue weighted by molar-refractivity contribution is 5.03. The Labute approximate surface area is 92.7 Å². The molecule has 0 aliphatic rings. The summed E-state index contributed by atoms with van der Waals surface area (Å²) in [5, 5.41) is 0. The Bertz CT molecular complexity index is 243. The molecule has 0 amide bonds. The van der Waals surface area contributed by atoms with Crippen molar-refractivity contribution in [2.24, 2.45) is 11.7 Å². The van der Waals surface area contributed by atoms with Crippen molar-refractivity contribution in [3.05, 3.63) is 24.0 Å². The quantitative estimate of drug-likeness (QED) is 0.714. The molecule has 0 saturated heterocycles. The van der Waals surface area contributed by atoms with Crippen molar-refractivity contribution in [3.8, 4) is 0 Å². The van der Waals surface area contributed by atoms with Crippen LogP contribution in [0.3, 0.4) is 0 Å². The van der Waals surface area contributed by atoms with Crippen molar-refractivity contribution in [3.63, 3.8) is 0 Å². The number of hydrogen-bond donors (Lipinski definition) is 2. The second-order valence-corrected chi connectivity index (χ2v) is 4.38. The van der Waals surface area contributed by atoms with Crippen LogP contribution in [-0.2, 0) is 6.42 Å². The molecule has 1 aromatic heterocycles. The third-order valence-corrected chi connectivity index (χ3v) is 2.83. The van der Waals surface area contributed by atoms with E-state index in [0.29, 0.717) is 5.92 Å². The first-order valence-electron chi connectivity index (χ1n) is 5.73. The first-order valence-corrected chi connectivity index (χ1v) is 5.73. The number of rotatable bonds is 7. The minimum Gasteiger partial charge on any atom is -0.365 e. The Morgan fingerprint density at radius 1 is 1.47 bits per heavy atom. The van der Waals surface area contributed by atoms with Crippen LogP contribution in [0.4, 0.5) is 0 Å². The molecule has 0 fully saturated rings. The van der Waals surface area contributed by atoms with Gasteiger partial charge < -0.3 is 15.6 Å². The van der Waals surface area contributed by atoms with Gasteiger partial charge in [-0.25, -0.2) is 0 Å². The summed E-state index contributed by atoms with van der Waals surface area (Å²) in [5.74, 6) is 0.637. The predicted octanol–water partition coefficient (Wildman–Crippen LogP) is 1.47. The molecule has 3 nitrogen and oxygen atoms in total. The lowest BCUT2D eigenvalue weighted by Gasteiger charge is -2.18. The number of nitrogens with zero attached hydrogens (tertiary/aromatic N) is 1. The van der Waals surface area contributed by atoms with Crippen molar-refractivity contribution in [2.75, 3.05) is 26.7 Å². The third kappa shape index (κ3) is 5.00. The van der Waals surface area contributed by atoms with Crippen LogP contribution < -0.4 is 5.73 Å². The van der Waals surface area contributed by atoms with Gasteiger partial charge in [-0.1, -0.05) is 6.92 Å². The maximum absolute atomic E-state index is 5.59. The summed E-state index contributed by atoms with van der Waals surface area (Å²) in [5.41, 5.74) is 6.90. The summed E-state index contributed by atoms with van der Waals surface area (Å²) in [6, 6.07) is 4.18. The largest absolute Gasteiger partial charge is 0.365 e. The first-order chi connectivity index (χ1) is 7.22. The molecule has 0 aliphatic heterocycles. The van der Waals surface area contributed by atoms with Gasteiger partial charge >= 0.3 is 0 Å². The number of hydrogen-bond acceptors (Lipinski definition) is 2. The Balaban J connectivity index is 2.11. The third-order valence-electron chi connectivity index (χ3n) is 2.83. The summed E-state index contributed by atoms with van der Waals surface area (Å²) >= 11 is 0. The van der Waals surface area contributed by atoms with Crippen molar-refractivity contribution in [2.45, 2.75) is 19.8 Å². The van der Waals surface area contributed by atoms with Gasteiger partial charge in [-0.2, -0.15) is 0 Å². The van der Waals surface area contributed by atoms with Crippen molar-refractivity contribution in [1.29, 1.82) is 0 Å². The lowest BCUT2D eigenvalue weighted by Crippen LogP contribution is -2.25. The fourth-order valence-electron chi connectivity index (χ4n) is 1.50. The SMILES string of the molecule is CC(CN)CCN(C)CCc1ccc[nH]1. The summed E-state index contributed by atoms with van der Waals surface area (Å²) in [6.07, 6.45) is 4.27. The van der Waals surface area contributed by atoms with E-state index in [-0.39, 0.29) is 0 Å². The van der Waals surface area contributed by atoms with Crippen LogP contribution in [0.25, 0.3) is 0 Å². The minimum absolute atomic E-state index is 0.637. The van der Waals surface area contributed by atoms with Crippen molar-refractivity contribution >= 4 is 0 Å². The number of nitrogens with one attached hydrogen (secondary N) is 1. The molecule has 0 saturated carbocycles. The van der Waals surface area contributed by atoms with Crippen LogP contribution >= 0.6 is 0 Å². The van der Waals surface area contributed by atoms with E-state index in [1.807, 2.05) is 12.3 Å². The van der Waals surface area contributed by atoms with Crippen molar-refractivity contribution in [1.82, 2.24) is 9.88 Å². The van der Waals surface area contributed by atoms with E-state index in [9.17, 15) is 0 Å². The summed E-state index contributed by atoms with van der Waals surface area (Å²) in [4.78, 5) is 5.59. The Morgan fingerprint density at radius 3 is 2.87 bits per heavy atom. The zero-order valence-electron chi connectivity index (χ0n) is 9.87. The van der Waals surface area contributed by atoms with Gasteiger partial charge in [0.15, 0.2) is 0 Å². The van der Waals surface area contributed by atoms with Gasteiger partial charge in [-0.3, -0.25) is 0 Å². The normalized spacial score (nSPS) is 13.3. The van der Waals surface area contributed by atoms with Crippen LogP contribution in [0.1, 0.15) is 19.0 Å². The predicted molar refractivity (Wildman–Crippen MR) is 64.8 cm³/mol. The van der Waals surface area contributed by atoms with Crippen LogP contribution in [-0.4, -0.2) is 36.6 Å². The molecule has 3 heteroatoms. The zero-order chi connectivity index (χ0) is 11.1. The van der Waals surface area contributed by atoms with Gasteiger partial charge in [0.25, 0.3) is 0 Å². The molecule has 15 heavy (non-hydrogen) atoms. The average molecular weight is 209 g/mol. The number of nitrogens with two attached hydrogens (primary N) is 1. The Kier molecular flexibility index (Phi) is 5.43. The molecule has 1 atom stereocenters. The number of aromatic amines is 1. The van der Waals surface area contributed by atoms with Crippen LogP contribution in [0.15, 0.2) is 18.3 Å². The first kappa shape index (κ1) is 12.3. The molecule has 1 unspecified atom stereocenters. The van der Waals surface area contributed by atoms with E-state index in [4.69, 9.17) is 5.73 Å². The van der Waals surface area contributed by atoms with Crippen molar-refractivity contribution < 1.29 is 0 Å². The number of H-pyrrole nitrogens is 1. The minimum atomic E-state index is 0.637. The van der Waals surface area contributed by atoms with E-state index in [2.05, 4.69) is 29.9 Å². The summed E-state index contributed by atoms with van der Waals surface area (Å²) in [7, 11) is 2.17. The summed E-state index contributed by atoms with van der Waals surface area (Å²) in [6.45, 7) is 5.25. The molecule has 86 valence electrons. The molecule has 0 aliphatic carbocycles. The van der Waals surface area contributed by atoms with E-state index in [0.717, 1.165) is 26.1 Å². The smallest absolute Gasteiger partial charge is 0.0159 e. The lowest BCUT2D eigenvalue weighted by molar-refractivity contribution is 0.309. The van der Waals surface area contributed by atoms with E-state index in [1.54, 1.807) is 0 Å². The van der Waals surface area contributed by atoms with Gasteiger partial charge in [-0.15, -0.1) is 0 Å². The standard InChI is InChI=1S/C12H23N3/c1-11(10-13)5-8-15(2)9-6-12-4-3-7-14-12/h3-4,7,11,14H,5-6,8-10,13H2,1-2H3. The fraction of sp³-hybridized carbons (Fsp3) is 0.667. The summed E-state index contributed by atoms with van der Waals surface area (Å²) < 4.78 is 0.